The van der Waals surface area contributed by atoms with Crippen LogP contribution in [0.3, 0.4) is 0 Å². The first-order valence-electron chi connectivity index (χ1n) is 7.99. The molecule has 1 aromatic carbocycles. The minimum absolute atomic E-state index is 0.0650. The number of hydrogen-bond donors (Lipinski definition) is 1. The first kappa shape index (κ1) is 15.7. The molecule has 1 N–H and O–H groups in total. The standard InChI is InChI=1S/C18H22FN3O/c1-12-10-14(3)22(21-12)11-13(2)20-17(23)18(8-9-18)15-6-4-5-7-16(15)19/h4-7,10,13H,8-9,11H2,1-3H3,(H,20,23)/t13-/m0/s1. The number of carbonyl (C=O) groups excluding carboxylic acids is 1. The Morgan fingerprint density at radius 1 is 1.39 bits per heavy atom. The van der Waals surface area contributed by atoms with Gasteiger partial charge >= 0.3 is 0 Å². The maximum absolute atomic E-state index is 14.0. The highest BCUT2D eigenvalue weighted by Gasteiger charge is 2.52. The molecule has 1 amide bonds. The Labute approximate surface area is 135 Å². The molecule has 0 radical (unpaired) electrons. The number of nitrogens with zero attached hydrogens (tertiary/aromatic N) is 2. The minimum atomic E-state index is -0.686. The molecule has 122 valence electrons. The third-order valence-electron chi connectivity index (χ3n) is 4.50. The number of aromatic nitrogens is 2. The van der Waals surface area contributed by atoms with E-state index in [9.17, 15) is 9.18 Å². The SMILES string of the molecule is Cc1cc(C)n(C[C@H](C)NC(=O)C2(c3ccccc3F)CC2)n1. The van der Waals surface area contributed by atoms with Crippen LogP contribution in [-0.4, -0.2) is 21.7 Å². The van der Waals surface area contributed by atoms with Gasteiger partial charge in [-0.1, -0.05) is 18.2 Å². The van der Waals surface area contributed by atoms with Gasteiger partial charge in [-0.25, -0.2) is 4.39 Å². The van der Waals surface area contributed by atoms with Crippen molar-refractivity contribution < 1.29 is 9.18 Å². The summed E-state index contributed by atoms with van der Waals surface area (Å²) in [5, 5.41) is 7.44. The van der Waals surface area contributed by atoms with Crippen LogP contribution in [0.2, 0.25) is 0 Å². The van der Waals surface area contributed by atoms with Gasteiger partial charge in [-0.05, 0) is 45.7 Å². The van der Waals surface area contributed by atoms with Crippen LogP contribution < -0.4 is 5.32 Å². The molecule has 0 unspecified atom stereocenters. The number of amides is 1. The first-order valence-corrected chi connectivity index (χ1v) is 7.99. The number of halogens is 1. The van der Waals surface area contributed by atoms with Crippen LogP contribution in [0.4, 0.5) is 4.39 Å². The summed E-state index contributed by atoms with van der Waals surface area (Å²) in [4.78, 5) is 12.7. The Balaban J connectivity index is 1.69. The molecule has 1 aromatic heterocycles. The minimum Gasteiger partial charge on any atom is -0.351 e. The lowest BCUT2D eigenvalue weighted by Crippen LogP contribution is -2.42. The van der Waals surface area contributed by atoms with Crippen LogP contribution in [0.5, 0.6) is 0 Å². The van der Waals surface area contributed by atoms with Crippen LogP contribution in [0.15, 0.2) is 30.3 Å². The lowest BCUT2D eigenvalue weighted by Gasteiger charge is -2.21. The molecule has 0 spiro atoms. The molecule has 1 heterocycles. The van der Waals surface area contributed by atoms with E-state index in [4.69, 9.17) is 0 Å². The molecule has 4 nitrogen and oxygen atoms in total. The van der Waals surface area contributed by atoms with E-state index in [0.29, 0.717) is 24.9 Å². The highest BCUT2D eigenvalue weighted by molar-refractivity contribution is 5.91. The zero-order valence-electron chi connectivity index (χ0n) is 13.8. The number of aryl methyl sites for hydroxylation is 2. The fourth-order valence-corrected chi connectivity index (χ4v) is 3.12. The summed E-state index contributed by atoms with van der Waals surface area (Å²) in [6, 6.07) is 8.51. The normalized spacial score (nSPS) is 16.9. The fraction of sp³-hybridized carbons (Fsp3) is 0.444. The smallest absolute Gasteiger partial charge is 0.231 e. The van der Waals surface area contributed by atoms with Gasteiger partial charge in [0.15, 0.2) is 0 Å². The number of benzene rings is 1. The lowest BCUT2D eigenvalue weighted by atomic mass is 9.94. The van der Waals surface area contributed by atoms with E-state index in [1.165, 1.54) is 6.07 Å². The summed E-state index contributed by atoms with van der Waals surface area (Å²) >= 11 is 0. The summed E-state index contributed by atoms with van der Waals surface area (Å²) in [6.07, 6.45) is 1.40. The number of rotatable bonds is 5. The van der Waals surface area contributed by atoms with Crippen molar-refractivity contribution in [2.24, 2.45) is 0 Å². The third kappa shape index (κ3) is 3.00. The first-order chi connectivity index (χ1) is 10.9. The van der Waals surface area contributed by atoms with Gasteiger partial charge in [0.2, 0.25) is 5.91 Å². The Morgan fingerprint density at radius 3 is 2.65 bits per heavy atom. The number of nitrogens with one attached hydrogen (secondary N) is 1. The summed E-state index contributed by atoms with van der Waals surface area (Å²) in [6.45, 7) is 6.50. The lowest BCUT2D eigenvalue weighted by molar-refractivity contribution is -0.124. The maximum Gasteiger partial charge on any atom is 0.231 e. The molecule has 2 aromatic rings. The quantitative estimate of drug-likeness (QED) is 0.922. The number of hydrogen-bond acceptors (Lipinski definition) is 2. The Morgan fingerprint density at radius 2 is 2.09 bits per heavy atom. The average Bonchev–Trinajstić information content (AvgIpc) is 3.22. The van der Waals surface area contributed by atoms with E-state index in [1.54, 1.807) is 18.2 Å². The second-order valence-corrected chi connectivity index (χ2v) is 6.55. The van der Waals surface area contributed by atoms with Gasteiger partial charge in [-0.15, -0.1) is 0 Å². The molecule has 1 aliphatic carbocycles. The molecule has 1 saturated carbocycles. The summed E-state index contributed by atoms with van der Waals surface area (Å²) < 4.78 is 15.9. The molecule has 3 rings (SSSR count). The molecule has 0 aliphatic heterocycles. The van der Waals surface area contributed by atoms with Gasteiger partial charge in [0.05, 0.1) is 17.7 Å². The molecule has 0 bridgehead atoms. The molecule has 1 atom stereocenters. The summed E-state index contributed by atoms with van der Waals surface area (Å²) in [7, 11) is 0. The third-order valence-corrected chi connectivity index (χ3v) is 4.50. The van der Waals surface area contributed by atoms with E-state index in [1.807, 2.05) is 31.5 Å². The molecule has 1 aliphatic rings. The average molecular weight is 315 g/mol. The maximum atomic E-state index is 14.0. The predicted molar refractivity (Wildman–Crippen MR) is 86.6 cm³/mol. The predicted octanol–water partition coefficient (Wildman–Crippen LogP) is 2.88. The van der Waals surface area contributed by atoms with E-state index < -0.39 is 5.41 Å². The largest absolute Gasteiger partial charge is 0.351 e. The Kier molecular flexibility index (Phi) is 3.96. The summed E-state index contributed by atoms with van der Waals surface area (Å²) in [5.74, 6) is -0.386. The monoisotopic (exact) mass is 315 g/mol. The highest BCUT2D eigenvalue weighted by Crippen LogP contribution is 2.49. The van der Waals surface area contributed by atoms with Crippen molar-refractivity contribution in [1.29, 1.82) is 0 Å². The molecular formula is C18H22FN3O. The van der Waals surface area contributed by atoms with Crippen LogP contribution in [0.25, 0.3) is 0 Å². The van der Waals surface area contributed by atoms with Crippen molar-refractivity contribution >= 4 is 5.91 Å². The Bertz CT molecular complexity index is 734. The van der Waals surface area contributed by atoms with Gasteiger partial charge in [0, 0.05) is 17.3 Å². The second-order valence-electron chi connectivity index (χ2n) is 6.55. The molecule has 5 heteroatoms. The van der Waals surface area contributed by atoms with Crippen LogP contribution in [-0.2, 0) is 16.8 Å². The van der Waals surface area contributed by atoms with Gasteiger partial charge in [0.25, 0.3) is 0 Å². The summed E-state index contributed by atoms with van der Waals surface area (Å²) in [5.41, 5.74) is 1.86. The highest BCUT2D eigenvalue weighted by atomic mass is 19.1. The zero-order chi connectivity index (χ0) is 16.6. The van der Waals surface area contributed by atoms with Gasteiger partial charge in [0.1, 0.15) is 5.82 Å². The van der Waals surface area contributed by atoms with Gasteiger partial charge < -0.3 is 5.32 Å². The number of carbonyl (C=O) groups is 1. The molecule has 0 saturated heterocycles. The molecule has 23 heavy (non-hydrogen) atoms. The van der Waals surface area contributed by atoms with Crippen LogP contribution in [0.1, 0.15) is 36.7 Å². The van der Waals surface area contributed by atoms with Gasteiger partial charge in [-0.2, -0.15) is 5.10 Å². The fourth-order valence-electron chi connectivity index (χ4n) is 3.12. The molecular weight excluding hydrogens is 293 g/mol. The van der Waals surface area contributed by atoms with E-state index in [0.717, 1.165) is 11.4 Å². The van der Waals surface area contributed by atoms with Gasteiger partial charge in [-0.3, -0.25) is 9.48 Å². The van der Waals surface area contributed by atoms with Crippen molar-refractivity contribution in [1.82, 2.24) is 15.1 Å². The van der Waals surface area contributed by atoms with Crippen LogP contribution >= 0.6 is 0 Å². The topological polar surface area (TPSA) is 46.9 Å². The van der Waals surface area contributed by atoms with E-state index in [-0.39, 0.29) is 17.8 Å². The van der Waals surface area contributed by atoms with Crippen LogP contribution in [0, 0.1) is 19.7 Å². The van der Waals surface area contributed by atoms with Crippen molar-refractivity contribution in [2.45, 2.75) is 51.6 Å². The van der Waals surface area contributed by atoms with Crippen molar-refractivity contribution in [2.75, 3.05) is 0 Å². The van der Waals surface area contributed by atoms with Crippen molar-refractivity contribution in [3.05, 3.63) is 53.1 Å². The van der Waals surface area contributed by atoms with Crippen molar-refractivity contribution in [3.8, 4) is 0 Å². The molecule has 1 fully saturated rings. The zero-order valence-corrected chi connectivity index (χ0v) is 13.8. The Hall–Kier alpha value is -2.17. The second kappa shape index (κ2) is 5.80. The van der Waals surface area contributed by atoms with E-state index in [2.05, 4.69) is 10.4 Å². The van der Waals surface area contributed by atoms with E-state index >= 15 is 0 Å². The van der Waals surface area contributed by atoms with Crippen molar-refractivity contribution in [3.63, 3.8) is 0 Å².